The molecule has 1 amide bonds. The molecule has 0 aromatic carbocycles. The number of nitrogens with one attached hydrogen (secondary N) is 1. The van der Waals surface area contributed by atoms with Crippen molar-refractivity contribution in [3.05, 3.63) is 16.6 Å². The first-order chi connectivity index (χ1) is 10.7. The number of nitrogens with zero attached hydrogens (tertiary/aromatic N) is 2. The van der Waals surface area contributed by atoms with Gasteiger partial charge in [0.15, 0.2) is 0 Å². The maximum absolute atomic E-state index is 12.4. The highest BCUT2D eigenvalue weighted by Gasteiger charge is 2.39. The molecule has 3 rings (SSSR count). The molecule has 0 unspecified atom stereocenters. The SMILES string of the molecule is Cc1nscc1C(=O)NCC1(N2CCCCC2)CCOCC1. The third-order valence-electron chi connectivity index (χ3n) is 5.02. The fourth-order valence-corrected chi connectivity index (χ4v) is 4.27. The molecule has 0 aliphatic carbocycles. The number of aromatic nitrogens is 1. The summed E-state index contributed by atoms with van der Waals surface area (Å²) in [4.78, 5) is 15.0. The monoisotopic (exact) mass is 323 g/mol. The maximum atomic E-state index is 12.4. The fourth-order valence-electron chi connectivity index (χ4n) is 3.57. The van der Waals surface area contributed by atoms with E-state index in [9.17, 15) is 4.79 Å². The fraction of sp³-hybridized carbons (Fsp3) is 0.750. The molecule has 2 aliphatic rings. The Bertz CT molecular complexity index is 505. The van der Waals surface area contributed by atoms with Crippen LogP contribution in [-0.2, 0) is 4.74 Å². The molecule has 2 fully saturated rings. The van der Waals surface area contributed by atoms with Gasteiger partial charge in [0.2, 0.25) is 0 Å². The van der Waals surface area contributed by atoms with Gasteiger partial charge in [0, 0.05) is 30.7 Å². The number of carbonyl (C=O) groups is 1. The number of amides is 1. The van der Waals surface area contributed by atoms with Gasteiger partial charge in [-0.15, -0.1) is 0 Å². The van der Waals surface area contributed by atoms with Crippen LogP contribution in [0.4, 0.5) is 0 Å². The molecule has 2 saturated heterocycles. The zero-order chi connectivity index (χ0) is 15.4. The Morgan fingerprint density at radius 3 is 2.73 bits per heavy atom. The van der Waals surface area contributed by atoms with Gasteiger partial charge in [-0.25, -0.2) is 0 Å². The first-order valence-corrected chi connectivity index (χ1v) is 9.07. The van der Waals surface area contributed by atoms with Gasteiger partial charge in [0.25, 0.3) is 5.91 Å². The highest BCUT2D eigenvalue weighted by molar-refractivity contribution is 7.03. The summed E-state index contributed by atoms with van der Waals surface area (Å²) in [5.74, 6) is 0.00845. The van der Waals surface area contributed by atoms with E-state index >= 15 is 0 Å². The molecule has 0 saturated carbocycles. The molecule has 2 aliphatic heterocycles. The second kappa shape index (κ2) is 7.06. The highest BCUT2D eigenvalue weighted by atomic mass is 32.1. The van der Waals surface area contributed by atoms with Crippen LogP contribution in [-0.4, -0.2) is 53.6 Å². The van der Waals surface area contributed by atoms with Gasteiger partial charge in [-0.05, 0) is 57.2 Å². The molecule has 22 heavy (non-hydrogen) atoms. The number of ether oxygens (including phenoxy) is 1. The number of rotatable bonds is 4. The van der Waals surface area contributed by atoms with Crippen molar-refractivity contribution in [2.45, 2.75) is 44.6 Å². The van der Waals surface area contributed by atoms with Crippen LogP contribution < -0.4 is 5.32 Å². The Morgan fingerprint density at radius 1 is 1.36 bits per heavy atom. The first kappa shape index (κ1) is 15.9. The van der Waals surface area contributed by atoms with Crippen LogP contribution in [0.3, 0.4) is 0 Å². The summed E-state index contributed by atoms with van der Waals surface area (Å²) in [7, 11) is 0. The minimum atomic E-state index is 0.00845. The lowest BCUT2D eigenvalue weighted by atomic mass is 9.86. The summed E-state index contributed by atoms with van der Waals surface area (Å²) < 4.78 is 9.76. The van der Waals surface area contributed by atoms with Crippen LogP contribution in [0.2, 0.25) is 0 Å². The van der Waals surface area contributed by atoms with E-state index in [4.69, 9.17) is 4.74 Å². The number of piperidine rings is 1. The van der Waals surface area contributed by atoms with Crippen molar-refractivity contribution < 1.29 is 9.53 Å². The molecule has 3 heterocycles. The Hall–Kier alpha value is -0.980. The number of carbonyl (C=O) groups excluding carboxylic acids is 1. The third kappa shape index (κ3) is 3.34. The van der Waals surface area contributed by atoms with Gasteiger partial charge in [0.05, 0.1) is 11.3 Å². The standard InChI is InChI=1S/C16H25N3O2S/c1-13-14(11-22-18-13)15(20)17-12-16(5-9-21-10-6-16)19-7-3-2-4-8-19/h11H,2-10,12H2,1H3,(H,17,20). The van der Waals surface area contributed by atoms with Crippen molar-refractivity contribution >= 4 is 17.4 Å². The quantitative estimate of drug-likeness (QED) is 0.923. The largest absolute Gasteiger partial charge is 0.381 e. The van der Waals surface area contributed by atoms with Gasteiger partial charge in [-0.1, -0.05) is 6.42 Å². The predicted octanol–water partition coefficient (Wildman–Crippen LogP) is 2.22. The van der Waals surface area contributed by atoms with E-state index in [1.807, 2.05) is 12.3 Å². The summed E-state index contributed by atoms with van der Waals surface area (Å²) >= 11 is 1.34. The third-order valence-corrected chi connectivity index (χ3v) is 5.74. The molecule has 0 bridgehead atoms. The number of likely N-dealkylation sites (tertiary alicyclic amines) is 1. The molecule has 122 valence electrons. The van der Waals surface area contributed by atoms with Gasteiger partial charge >= 0.3 is 0 Å². The van der Waals surface area contributed by atoms with E-state index in [0.29, 0.717) is 12.1 Å². The lowest BCUT2D eigenvalue weighted by Crippen LogP contribution is -2.59. The highest BCUT2D eigenvalue weighted by Crippen LogP contribution is 2.30. The van der Waals surface area contributed by atoms with E-state index in [-0.39, 0.29) is 11.4 Å². The lowest BCUT2D eigenvalue weighted by Gasteiger charge is -2.48. The smallest absolute Gasteiger partial charge is 0.254 e. The summed E-state index contributed by atoms with van der Waals surface area (Å²) in [6.45, 7) is 6.49. The van der Waals surface area contributed by atoms with Crippen molar-refractivity contribution in [3.8, 4) is 0 Å². The molecule has 1 aromatic rings. The Kier molecular flexibility index (Phi) is 5.10. The average molecular weight is 323 g/mol. The summed E-state index contributed by atoms with van der Waals surface area (Å²) in [6, 6.07) is 0. The Balaban J connectivity index is 1.67. The van der Waals surface area contributed by atoms with Gasteiger partial charge in [0.1, 0.15) is 0 Å². The van der Waals surface area contributed by atoms with Crippen LogP contribution in [0.5, 0.6) is 0 Å². The second-order valence-corrected chi connectivity index (χ2v) is 7.01. The molecule has 0 spiro atoms. The summed E-state index contributed by atoms with van der Waals surface area (Å²) in [6.07, 6.45) is 5.88. The Labute approximate surface area is 136 Å². The van der Waals surface area contributed by atoms with Crippen LogP contribution in [0.1, 0.15) is 48.2 Å². The molecular weight excluding hydrogens is 298 g/mol. The molecule has 5 nitrogen and oxygen atoms in total. The number of hydrogen-bond acceptors (Lipinski definition) is 5. The number of aryl methyl sites for hydroxylation is 1. The minimum absolute atomic E-state index is 0.00845. The van der Waals surface area contributed by atoms with Gasteiger partial charge < -0.3 is 10.1 Å². The van der Waals surface area contributed by atoms with Crippen LogP contribution in [0.15, 0.2) is 5.38 Å². The van der Waals surface area contributed by atoms with Gasteiger partial charge in [-0.2, -0.15) is 4.37 Å². The second-order valence-electron chi connectivity index (χ2n) is 6.38. The molecular formula is C16H25N3O2S. The number of hydrogen-bond donors (Lipinski definition) is 1. The van der Waals surface area contributed by atoms with Crippen molar-refractivity contribution in [3.63, 3.8) is 0 Å². The topological polar surface area (TPSA) is 54.5 Å². The van der Waals surface area contributed by atoms with Crippen LogP contribution in [0.25, 0.3) is 0 Å². The van der Waals surface area contributed by atoms with Crippen molar-refractivity contribution in [2.24, 2.45) is 0 Å². The molecule has 0 radical (unpaired) electrons. The molecule has 6 heteroatoms. The van der Waals surface area contributed by atoms with Crippen molar-refractivity contribution in [1.29, 1.82) is 0 Å². The normalized spacial score (nSPS) is 22.4. The lowest BCUT2D eigenvalue weighted by molar-refractivity contribution is -0.0349. The first-order valence-electron chi connectivity index (χ1n) is 8.23. The van der Waals surface area contributed by atoms with Crippen LogP contribution in [0, 0.1) is 6.92 Å². The van der Waals surface area contributed by atoms with E-state index < -0.39 is 0 Å². The average Bonchev–Trinajstić information content (AvgIpc) is 3.00. The van der Waals surface area contributed by atoms with Crippen molar-refractivity contribution in [1.82, 2.24) is 14.6 Å². The summed E-state index contributed by atoms with van der Waals surface area (Å²) in [5, 5.41) is 5.00. The molecule has 1 aromatic heterocycles. The van der Waals surface area contributed by atoms with E-state index in [1.54, 1.807) is 0 Å². The summed E-state index contributed by atoms with van der Waals surface area (Å²) in [5.41, 5.74) is 1.61. The van der Waals surface area contributed by atoms with E-state index in [1.165, 1.54) is 30.8 Å². The Morgan fingerprint density at radius 2 is 2.09 bits per heavy atom. The minimum Gasteiger partial charge on any atom is -0.381 e. The zero-order valence-corrected chi connectivity index (χ0v) is 14.1. The predicted molar refractivity (Wildman–Crippen MR) is 87.4 cm³/mol. The van der Waals surface area contributed by atoms with Crippen LogP contribution >= 0.6 is 11.5 Å². The zero-order valence-electron chi connectivity index (χ0n) is 13.3. The van der Waals surface area contributed by atoms with E-state index in [2.05, 4.69) is 14.6 Å². The molecule has 1 N–H and O–H groups in total. The molecule has 0 atom stereocenters. The van der Waals surface area contributed by atoms with E-state index in [0.717, 1.165) is 44.8 Å². The maximum Gasteiger partial charge on any atom is 0.254 e. The van der Waals surface area contributed by atoms with Gasteiger partial charge in [-0.3, -0.25) is 9.69 Å². The van der Waals surface area contributed by atoms with Crippen molar-refractivity contribution in [2.75, 3.05) is 32.8 Å².